The molecule has 0 saturated carbocycles. The molecule has 0 unspecified atom stereocenters. The van der Waals surface area contributed by atoms with Crippen molar-refractivity contribution in [3.05, 3.63) is 98.7 Å². The third-order valence-electron chi connectivity index (χ3n) is 6.32. The van der Waals surface area contributed by atoms with Crippen LogP contribution in [-0.4, -0.2) is 40.4 Å². The fourth-order valence-corrected chi connectivity index (χ4v) is 4.88. The number of hydrogen-bond donors (Lipinski definition) is 2. The van der Waals surface area contributed by atoms with Crippen molar-refractivity contribution in [1.82, 2.24) is 34.5 Å². The summed E-state index contributed by atoms with van der Waals surface area (Å²) < 4.78 is 3.18. The molecule has 12 heteroatoms. The van der Waals surface area contributed by atoms with Gasteiger partial charge >= 0.3 is 0 Å². The van der Waals surface area contributed by atoms with Gasteiger partial charge in [-0.3, -0.25) is 14.2 Å². The van der Waals surface area contributed by atoms with E-state index in [0.717, 1.165) is 11.3 Å². The van der Waals surface area contributed by atoms with Crippen molar-refractivity contribution in [2.75, 3.05) is 0 Å². The van der Waals surface area contributed by atoms with Crippen molar-refractivity contribution >= 4 is 29.1 Å². The van der Waals surface area contributed by atoms with Gasteiger partial charge < -0.3 is 10.7 Å². The van der Waals surface area contributed by atoms with Gasteiger partial charge in [-0.25, -0.2) is 14.6 Å². The van der Waals surface area contributed by atoms with Crippen LogP contribution in [0.2, 0.25) is 10.2 Å². The molecule has 0 spiro atoms. The number of rotatable bonds is 5. The average Bonchev–Trinajstić information content (AvgIpc) is 3.63. The fourth-order valence-electron chi connectivity index (χ4n) is 4.58. The second-order valence-corrected chi connectivity index (χ2v) is 9.42. The van der Waals surface area contributed by atoms with Crippen LogP contribution in [0.5, 0.6) is 0 Å². The lowest BCUT2D eigenvalue weighted by atomic mass is 10.1. The molecule has 4 heterocycles. The second kappa shape index (κ2) is 8.99. The number of imidazole rings is 1. The van der Waals surface area contributed by atoms with E-state index in [2.05, 4.69) is 20.3 Å². The van der Waals surface area contributed by atoms with Gasteiger partial charge in [-0.05, 0) is 42.3 Å². The largest absolute Gasteiger partial charge is 0.366 e. The Hall–Kier alpha value is -4.28. The zero-order valence-corrected chi connectivity index (χ0v) is 20.6. The van der Waals surface area contributed by atoms with Crippen LogP contribution in [-0.2, 0) is 6.42 Å². The molecule has 6 rings (SSSR count). The molecule has 0 saturated heterocycles. The first-order valence-electron chi connectivity index (χ1n) is 11.3. The molecule has 5 aromatic rings. The molecule has 3 N–H and O–H groups in total. The monoisotopic (exact) mass is 532 g/mol. The van der Waals surface area contributed by atoms with Crippen LogP contribution in [0.1, 0.15) is 34.5 Å². The van der Waals surface area contributed by atoms with E-state index in [1.165, 1.54) is 10.7 Å². The highest BCUT2D eigenvalue weighted by Crippen LogP contribution is 2.32. The number of H-pyrrole nitrogens is 1. The number of nitrogens with zero attached hydrogens (tertiary/aromatic N) is 6. The third kappa shape index (κ3) is 4.20. The van der Waals surface area contributed by atoms with Gasteiger partial charge in [0, 0.05) is 28.6 Å². The van der Waals surface area contributed by atoms with E-state index >= 15 is 0 Å². The van der Waals surface area contributed by atoms with Crippen LogP contribution < -0.4 is 11.3 Å². The number of nitrogens with two attached hydrogens (primary N) is 1. The first-order valence-corrected chi connectivity index (χ1v) is 12.1. The minimum atomic E-state index is -0.486. The SMILES string of the molecule is NC(=O)c1ccc(-c2cnc([C@@H]3CCc4nc(-c5cc(Cl)ccc5-n5cc(Cl)nn5)cc(=O)n43)[nH]2)cc1. The number of nitrogens with one attached hydrogen (secondary N) is 1. The standard InChI is InChI=1S/C25H18Cl2N8O2/c26-15-5-6-19(34-12-21(27)32-33-34)16(9-15)17-10-23(36)35-20(7-8-22(35)30-17)25-29-11-18(31-25)13-1-3-14(4-2-13)24(28)37/h1-6,9-12,20H,7-8H2,(H2,28,37)(H,29,31)/t20-/m0/s1. The van der Waals surface area contributed by atoms with Gasteiger partial charge in [0.1, 0.15) is 11.6 Å². The number of hydrogen-bond acceptors (Lipinski definition) is 6. The van der Waals surface area contributed by atoms with Crippen LogP contribution >= 0.6 is 23.2 Å². The number of carbonyl (C=O) groups excluding carboxylic acids is 1. The molecule has 0 radical (unpaired) electrons. The predicted octanol–water partition coefficient (Wildman–Crippen LogP) is 3.82. The van der Waals surface area contributed by atoms with Crippen molar-refractivity contribution < 1.29 is 4.79 Å². The Morgan fingerprint density at radius 1 is 1.11 bits per heavy atom. The van der Waals surface area contributed by atoms with Crippen LogP contribution in [0, 0.1) is 0 Å². The minimum absolute atomic E-state index is 0.200. The van der Waals surface area contributed by atoms with Gasteiger partial charge in [0.2, 0.25) is 5.91 Å². The highest BCUT2D eigenvalue weighted by molar-refractivity contribution is 6.31. The summed E-state index contributed by atoms with van der Waals surface area (Å²) in [7, 11) is 0. The molecule has 1 aliphatic heterocycles. The molecule has 37 heavy (non-hydrogen) atoms. The zero-order valence-electron chi connectivity index (χ0n) is 19.1. The summed E-state index contributed by atoms with van der Waals surface area (Å²) in [6.45, 7) is 0. The molecule has 0 bridgehead atoms. The van der Waals surface area contributed by atoms with Crippen molar-refractivity contribution in [3.63, 3.8) is 0 Å². The number of aromatic nitrogens is 7. The van der Waals surface area contributed by atoms with E-state index in [4.69, 9.17) is 33.9 Å². The normalized spacial score (nSPS) is 14.6. The van der Waals surface area contributed by atoms with E-state index in [0.29, 0.717) is 52.0 Å². The molecule has 0 fully saturated rings. The molecule has 3 aromatic heterocycles. The number of aryl methyl sites for hydroxylation is 1. The fraction of sp³-hybridized carbons (Fsp3) is 0.120. The van der Waals surface area contributed by atoms with Gasteiger partial charge in [-0.1, -0.05) is 40.5 Å². The Labute approximate surface area is 219 Å². The molecule has 1 aliphatic rings. The Balaban J connectivity index is 1.35. The van der Waals surface area contributed by atoms with Crippen molar-refractivity contribution in [2.24, 2.45) is 5.73 Å². The second-order valence-electron chi connectivity index (χ2n) is 8.59. The quantitative estimate of drug-likeness (QED) is 0.352. The van der Waals surface area contributed by atoms with Gasteiger partial charge in [-0.2, -0.15) is 0 Å². The smallest absolute Gasteiger partial charge is 0.254 e. The van der Waals surface area contributed by atoms with Gasteiger partial charge in [0.15, 0.2) is 5.15 Å². The van der Waals surface area contributed by atoms with Gasteiger partial charge in [0.25, 0.3) is 5.56 Å². The Morgan fingerprint density at radius 2 is 1.92 bits per heavy atom. The third-order valence-corrected chi connectivity index (χ3v) is 6.72. The lowest BCUT2D eigenvalue weighted by molar-refractivity contribution is 0.100. The molecule has 1 atom stereocenters. The Kier molecular flexibility index (Phi) is 5.62. The molecule has 1 amide bonds. The zero-order chi connectivity index (χ0) is 25.7. The first kappa shape index (κ1) is 23.1. The summed E-state index contributed by atoms with van der Waals surface area (Å²) in [6, 6.07) is 13.4. The van der Waals surface area contributed by atoms with Crippen LogP contribution in [0.4, 0.5) is 0 Å². The summed E-state index contributed by atoms with van der Waals surface area (Å²) >= 11 is 12.2. The number of fused-ring (bicyclic) bond motifs is 1. The predicted molar refractivity (Wildman–Crippen MR) is 138 cm³/mol. The van der Waals surface area contributed by atoms with Crippen molar-refractivity contribution in [3.8, 4) is 28.2 Å². The lowest BCUT2D eigenvalue weighted by Crippen LogP contribution is -2.25. The molecule has 0 aliphatic carbocycles. The van der Waals surface area contributed by atoms with Crippen LogP contribution in [0.25, 0.3) is 28.2 Å². The number of carbonyl (C=O) groups is 1. The van der Waals surface area contributed by atoms with Crippen LogP contribution in [0.15, 0.2) is 65.7 Å². The van der Waals surface area contributed by atoms with Crippen molar-refractivity contribution in [2.45, 2.75) is 18.9 Å². The van der Waals surface area contributed by atoms with E-state index in [1.807, 2.05) is 0 Å². The number of benzene rings is 2. The topological polar surface area (TPSA) is 137 Å². The highest BCUT2D eigenvalue weighted by atomic mass is 35.5. The molecular weight excluding hydrogens is 515 g/mol. The molecular formula is C25H18Cl2N8O2. The summed E-state index contributed by atoms with van der Waals surface area (Å²) in [4.78, 5) is 37.4. The highest BCUT2D eigenvalue weighted by Gasteiger charge is 2.29. The van der Waals surface area contributed by atoms with Gasteiger partial charge in [-0.15, -0.1) is 5.10 Å². The lowest BCUT2D eigenvalue weighted by Gasteiger charge is -2.14. The minimum Gasteiger partial charge on any atom is -0.366 e. The van der Waals surface area contributed by atoms with Gasteiger partial charge in [0.05, 0.1) is 35.5 Å². The molecule has 2 aromatic carbocycles. The Bertz CT molecular complexity index is 1720. The Morgan fingerprint density at radius 3 is 2.65 bits per heavy atom. The van der Waals surface area contributed by atoms with E-state index in [-0.39, 0.29) is 16.8 Å². The van der Waals surface area contributed by atoms with Crippen molar-refractivity contribution in [1.29, 1.82) is 0 Å². The van der Waals surface area contributed by atoms with Crippen LogP contribution in [0.3, 0.4) is 0 Å². The maximum atomic E-state index is 13.4. The van der Waals surface area contributed by atoms with E-state index in [9.17, 15) is 9.59 Å². The molecule has 10 nitrogen and oxygen atoms in total. The number of amides is 1. The maximum Gasteiger partial charge on any atom is 0.254 e. The summed E-state index contributed by atoms with van der Waals surface area (Å²) in [5.41, 5.74) is 8.94. The molecule has 184 valence electrons. The number of aromatic amines is 1. The summed E-state index contributed by atoms with van der Waals surface area (Å²) in [6.07, 6.45) is 4.55. The number of halogens is 2. The summed E-state index contributed by atoms with van der Waals surface area (Å²) in [5.74, 6) is 0.824. The number of primary amides is 1. The first-order chi connectivity index (χ1) is 17.9. The van der Waals surface area contributed by atoms with E-state index < -0.39 is 5.91 Å². The van der Waals surface area contributed by atoms with E-state index in [1.54, 1.807) is 59.4 Å². The maximum absolute atomic E-state index is 13.4. The average molecular weight is 533 g/mol. The summed E-state index contributed by atoms with van der Waals surface area (Å²) in [5, 5.41) is 8.61.